The Kier molecular flexibility index (Phi) is 4.32. The van der Waals surface area contributed by atoms with Crippen molar-refractivity contribution in [3.63, 3.8) is 0 Å². The molecule has 1 aliphatic heterocycles. The van der Waals surface area contributed by atoms with Crippen LogP contribution in [0.1, 0.15) is 30.5 Å². The van der Waals surface area contributed by atoms with Gasteiger partial charge in [0.1, 0.15) is 0 Å². The summed E-state index contributed by atoms with van der Waals surface area (Å²) in [6.07, 6.45) is 2.46. The number of aromatic nitrogens is 1. The second kappa shape index (κ2) is 5.75. The molecule has 1 N–H and O–H groups in total. The lowest BCUT2D eigenvalue weighted by Crippen LogP contribution is -2.36. The minimum atomic E-state index is 0.655. The first kappa shape index (κ1) is 12.0. The van der Waals surface area contributed by atoms with Crippen LogP contribution in [-0.2, 0) is 6.54 Å². The van der Waals surface area contributed by atoms with E-state index < -0.39 is 0 Å². The Balaban J connectivity index is 1.92. The number of hydrogen-bond acceptors (Lipinski definition) is 4. The first-order valence-corrected chi connectivity index (χ1v) is 7.02. The topological polar surface area (TPSA) is 28.2 Å². The maximum atomic E-state index is 4.54. The van der Waals surface area contributed by atoms with E-state index in [0.29, 0.717) is 6.04 Å². The molecule has 0 bridgehead atoms. The minimum Gasteiger partial charge on any atom is -0.313 e. The minimum absolute atomic E-state index is 0.655. The third-order valence-electron chi connectivity index (χ3n) is 3.11. The zero-order valence-corrected chi connectivity index (χ0v) is 11.0. The van der Waals surface area contributed by atoms with Crippen molar-refractivity contribution in [3.8, 4) is 0 Å². The lowest BCUT2D eigenvalue weighted by molar-refractivity contribution is 0.255. The van der Waals surface area contributed by atoms with Crippen LogP contribution >= 0.6 is 11.3 Å². The van der Waals surface area contributed by atoms with E-state index in [0.717, 1.165) is 19.6 Å². The highest BCUT2D eigenvalue weighted by molar-refractivity contribution is 7.09. The molecule has 0 aliphatic carbocycles. The fourth-order valence-corrected chi connectivity index (χ4v) is 2.81. The summed E-state index contributed by atoms with van der Waals surface area (Å²) >= 11 is 1.75. The molecule has 2 heterocycles. The molecule has 1 fully saturated rings. The van der Waals surface area contributed by atoms with Crippen molar-refractivity contribution in [2.24, 2.45) is 0 Å². The predicted molar refractivity (Wildman–Crippen MR) is 68.8 cm³/mol. The van der Waals surface area contributed by atoms with Crippen LogP contribution in [0.25, 0.3) is 0 Å². The van der Waals surface area contributed by atoms with E-state index >= 15 is 0 Å². The first-order chi connectivity index (χ1) is 7.78. The summed E-state index contributed by atoms with van der Waals surface area (Å²) in [5, 5.41) is 6.96. The van der Waals surface area contributed by atoms with Gasteiger partial charge in [0.25, 0.3) is 0 Å². The molecule has 0 radical (unpaired) electrons. The van der Waals surface area contributed by atoms with E-state index in [2.05, 4.69) is 34.4 Å². The quantitative estimate of drug-likeness (QED) is 0.875. The summed E-state index contributed by atoms with van der Waals surface area (Å²) in [6.45, 7) is 8.86. The molecule has 0 amide bonds. The van der Waals surface area contributed by atoms with Crippen LogP contribution in [0.2, 0.25) is 0 Å². The van der Waals surface area contributed by atoms with Crippen LogP contribution in [0.3, 0.4) is 0 Å². The molecule has 1 atom stereocenters. The van der Waals surface area contributed by atoms with Crippen LogP contribution < -0.4 is 5.32 Å². The maximum absolute atomic E-state index is 4.54. The Morgan fingerprint density at radius 2 is 2.50 bits per heavy atom. The van der Waals surface area contributed by atoms with Gasteiger partial charge in [0, 0.05) is 24.5 Å². The lowest BCUT2D eigenvalue weighted by atomic mass is 10.2. The number of aryl methyl sites for hydroxylation is 1. The summed E-state index contributed by atoms with van der Waals surface area (Å²) in [7, 11) is 0. The third-order valence-corrected chi connectivity index (χ3v) is 3.93. The largest absolute Gasteiger partial charge is 0.313 e. The second-order valence-electron chi connectivity index (χ2n) is 4.51. The molecule has 16 heavy (non-hydrogen) atoms. The van der Waals surface area contributed by atoms with Gasteiger partial charge in [-0.3, -0.25) is 4.90 Å². The smallest absolute Gasteiger partial charge is 0.0897 e. The summed E-state index contributed by atoms with van der Waals surface area (Å²) in [6, 6.07) is 0.655. The first-order valence-electron chi connectivity index (χ1n) is 6.14. The van der Waals surface area contributed by atoms with Gasteiger partial charge in [-0.2, -0.15) is 0 Å². The Morgan fingerprint density at radius 3 is 3.19 bits per heavy atom. The Morgan fingerprint density at radius 1 is 1.62 bits per heavy atom. The Bertz CT molecular complexity index is 324. The van der Waals surface area contributed by atoms with Crippen molar-refractivity contribution in [1.29, 1.82) is 0 Å². The van der Waals surface area contributed by atoms with E-state index in [4.69, 9.17) is 0 Å². The fourth-order valence-electron chi connectivity index (χ4n) is 2.20. The van der Waals surface area contributed by atoms with Crippen LogP contribution in [0, 0.1) is 6.92 Å². The van der Waals surface area contributed by atoms with E-state index in [1.807, 2.05) is 0 Å². The van der Waals surface area contributed by atoms with Gasteiger partial charge in [-0.25, -0.2) is 4.98 Å². The van der Waals surface area contributed by atoms with E-state index in [9.17, 15) is 0 Å². The molecule has 1 aliphatic rings. The van der Waals surface area contributed by atoms with Gasteiger partial charge in [0.05, 0.1) is 10.7 Å². The van der Waals surface area contributed by atoms with E-state index in [1.54, 1.807) is 11.3 Å². The van der Waals surface area contributed by atoms with Crippen LogP contribution in [0.5, 0.6) is 0 Å². The SMILES string of the molecule is CCC1CN(Cc2csc(C)n2)CCCN1. The summed E-state index contributed by atoms with van der Waals surface area (Å²) in [4.78, 5) is 7.07. The van der Waals surface area contributed by atoms with Gasteiger partial charge in [-0.1, -0.05) is 6.92 Å². The molecule has 4 heteroatoms. The molecule has 90 valence electrons. The average molecular weight is 239 g/mol. The lowest BCUT2D eigenvalue weighted by Gasteiger charge is -2.22. The van der Waals surface area contributed by atoms with Crippen molar-refractivity contribution in [2.75, 3.05) is 19.6 Å². The number of thiazole rings is 1. The van der Waals surface area contributed by atoms with Crippen molar-refractivity contribution >= 4 is 11.3 Å². The molecule has 0 spiro atoms. The van der Waals surface area contributed by atoms with Crippen LogP contribution in [0.15, 0.2) is 5.38 Å². The van der Waals surface area contributed by atoms with Crippen molar-refractivity contribution in [2.45, 2.75) is 39.3 Å². The molecule has 1 aromatic rings. The van der Waals surface area contributed by atoms with Gasteiger partial charge in [0.15, 0.2) is 0 Å². The Hall–Kier alpha value is -0.450. The zero-order valence-electron chi connectivity index (χ0n) is 10.2. The summed E-state index contributed by atoms with van der Waals surface area (Å²) < 4.78 is 0. The molecule has 0 aromatic carbocycles. The van der Waals surface area contributed by atoms with Crippen molar-refractivity contribution in [3.05, 3.63) is 16.1 Å². The third kappa shape index (κ3) is 3.27. The normalized spacial score (nSPS) is 23.2. The monoisotopic (exact) mass is 239 g/mol. The predicted octanol–water partition coefficient (Wildman–Crippen LogP) is 2.03. The second-order valence-corrected chi connectivity index (χ2v) is 5.57. The number of nitrogens with zero attached hydrogens (tertiary/aromatic N) is 2. The molecule has 1 unspecified atom stereocenters. The molecule has 1 saturated heterocycles. The van der Waals surface area contributed by atoms with Gasteiger partial charge in [-0.15, -0.1) is 11.3 Å². The standard InChI is InChI=1S/C12H21N3S/c1-3-11-7-15(6-4-5-13-11)8-12-9-16-10(2)14-12/h9,11,13H,3-8H2,1-2H3. The fraction of sp³-hybridized carbons (Fsp3) is 0.750. The average Bonchev–Trinajstić information content (AvgIpc) is 2.55. The highest BCUT2D eigenvalue weighted by Gasteiger charge is 2.16. The molecular formula is C12H21N3S. The van der Waals surface area contributed by atoms with E-state index in [1.165, 1.54) is 30.1 Å². The van der Waals surface area contributed by atoms with Gasteiger partial charge < -0.3 is 5.32 Å². The highest BCUT2D eigenvalue weighted by Crippen LogP contribution is 2.12. The molecule has 0 saturated carbocycles. The summed E-state index contributed by atoms with van der Waals surface area (Å²) in [5.74, 6) is 0. The highest BCUT2D eigenvalue weighted by atomic mass is 32.1. The zero-order chi connectivity index (χ0) is 11.4. The van der Waals surface area contributed by atoms with Crippen molar-refractivity contribution in [1.82, 2.24) is 15.2 Å². The van der Waals surface area contributed by atoms with Crippen LogP contribution in [-0.4, -0.2) is 35.6 Å². The molecular weight excluding hydrogens is 218 g/mol. The number of hydrogen-bond donors (Lipinski definition) is 1. The number of nitrogens with one attached hydrogen (secondary N) is 1. The Labute approximate surface area is 102 Å². The van der Waals surface area contributed by atoms with Gasteiger partial charge >= 0.3 is 0 Å². The maximum Gasteiger partial charge on any atom is 0.0897 e. The van der Waals surface area contributed by atoms with Gasteiger partial charge in [0.2, 0.25) is 0 Å². The van der Waals surface area contributed by atoms with E-state index in [-0.39, 0.29) is 0 Å². The molecule has 1 aromatic heterocycles. The van der Waals surface area contributed by atoms with Crippen molar-refractivity contribution < 1.29 is 0 Å². The molecule has 2 rings (SSSR count). The number of rotatable bonds is 3. The molecule has 3 nitrogen and oxygen atoms in total. The van der Waals surface area contributed by atoms with Crippen LogP contribution in [0.4, 0.5) is 0 Å². The summed E-state index contributed by atoms with van der Waals surface area (Å²) in [5.41, 5.74) is 1.24. The van der Waals surface area contributed by atoms with Gasteiger partial charge in [-0.05, 0) is 32.9 Å².